The molecule has 0 bridgehead atoms. The molecule has 64 valence electrons. The summed E-state index contributed by atoms with van der Waals surface area (Å²) < 4.78 is 0. The average molecular weight is 202 g/mol. The highest BCUT2D eigenvalue weighted by atomic mass is 35.5. The van der Waals surface area contributed by atoms with Gasteiger partial charge in [0.1, 0.15) is 5.00 Å². The number of nitrogens with one attached hydrogen (secondary N) is 1. The van der Waals surface area contributed by atoms with Gasteiger partial charge >= 0.3 is 0 Å². The van der Waals surface area contributed by atoms with Crippen molar-refractivity contribution in [3.05, 3.63) is 30.3 Å². The summed E-state index contributed by atoms with van der Waals surface area (Å²) >= 11 is 11.9. The van der Waals surface area contributed by atoms with Gasteiger partial charge in [-0.1, -0.05) is 29.8 Å². The monoisotopic (exact) mass is 201 g/mol. The molecule has 0 heterocycles. The van der Waals surface area contributed by atoms with Crippen molar-refractivity contribution in [1.29, 1.82) is 0 Å². The molecule has 12 heavy (non-hydrogen) atoms. The first-order valence-electron chi connectivity index (χ1n) is 3.87. The number of para-hydroxylation sites is 1. The number of benzene rings is 1. The third-order valence-corrected chi connectivity index (χ3v) is 3.09. The largest absolute Gasteiger partial charge is 0.366 e. The molecule has 2 rings (SSSR count). The number of rotatable bonds is 2. The van der Waals surface area contributed by atoms with Crippen LogP contribution in [0.3, 0.4) is 0 Å². The van der Waals surface area contributed by atoms with Gasteiger partial charge in [-0.3, -0.25) is 0 Å². The molecule has 0 aromatic heterocycles. The molecule has 1 aromatic rings. The van der Waals surface area contributed by atoms with Crippen LogP contribution in [-0.4, -0.2) is 10.4 Å². The normalized spacial score (nSPS) is 33.0. The lowest BCUT2D eigenvalue weighted by atomic mass is 10.3. The second-order valence-corrected chi connectivity index (χ2v) is 4.23. The van der Waals surface area contributed by atoms with Gasteiger partial charge in [-0.25, -0.2) is 0 Å². The van der Waals surface area contributed by atoms with Gasteiger partial charge in [-0.05, 0) is 12.1 Å². The van der Waals surface area contributed by atoms with Crippen molar-refractivity contribution >= 4 is 28.9 Å². The van der Waals surface area contributed by atoms with Gasteiger partial charge in [-0.15, -0.1) is 11.6 Å². The van der Waals surface area contributed by atoms with Crippen molar-refractivity contribution in [2.75, 3.05) is 5.32 Å². The fourth-order valence-electron chi connectivity index (χ4n) is 1.09. The summed E-state index contributed by atoms with van der Waals surface area (Å²) in [5.41, 5.74) is 1.02. The molecule has 0 amide bonds. The third kappa shape index (κ3) is 1.52. The lowest BCUT2D eigenvalue weighted by Gasteiger charge is -2.10. The summed E-state index contributed by atoms with van der Waals surface area (Å²) in [4.78, 5) is -0.400. The van der Waals surface area contributed by atoms with Crippen molar-refractivity contribution in [2.45, 2.75) is 16.8 Å². The van der Waals surface area contributed by atoms with Gasteiger partial charge in [0.25, 0.3) is 0 Å². The summed E-state index contributed by atoms with van der Waals surface area (Å²) in [5, 5.41) is 3.23. The summed E-state index contributed by atoms with van der Waals surface area (Å²) in [6.45, 7) is 0. The van der Waals surface area contributed by atoms with Crippen LogP contribution in [0.4, 0.5) is 5.69 Å². The molecule has 0 aliphatic heterocycles. The zero-order valence-electron chi connectivity index (χ0n) is 6.43. The molecule has 0 radical (unpaired) electrons. The molecule has 1 fully saturated rings. The quantitative estimate of drug-likeness (QED) is 0.574. The zero-order chi connectivity index (χ0) is 8.60. The number of halogens is 2. The minimum Gasteiger partial charge on any atom is -0.366 e. The molecule has 1 saturated carbocycles. The first-order valence-corrected chi connectivity index (χ1v) is 4.68. The number of anilines is 1. The van der Waals surface area contributed by atoms with Crippen LogP contribution in [0.25, 0.3) is 0 Å². The van der Waals surface area contributed by atoms with Gasteiger partial charge < -0.3 is 5.32 Å². The molecule has 2 atom stereocenters. The van der Waals surface area contributed by atoms with Crippen LogP contribution in [0.5, 0.6) is 0 Å². The van der Waals surface area contributed by atoms with Gasteiger partial charge in [0, 0.05) is 12.1 Å². The van der Waals surface area contributed by atoms with E-state index in [4.69, 9.17) is 23.2 Å². The Labute approximate surface area is 81.7 Å². The fourth-order valence-corrected chi connectivity index (χ4v) is 1.73. The minimum absolute atomic E-state index is 0.0550. The van der Waals surface area contributed by atoms with Gasteiger partial charge in [0.15, 0.2) is 0 Å². The molecule has 0 saturated heterocycles. The first kappa shape index (κ1) is 8.21. The summed E-state index contributed by atoms with van der Waals surface area (Å²) in [5.74, 6) is 0. The summed E-state index contributed by atoms with van der Waals surface area (Å²) in [6.07, 6.45) is 0.824. The minimum atomic E-state index is -0.400. The van der Waals surface area contributed by atoms with E-state index < -0.39 is 5.00 Å². The Hall–Kier alpha value is -0.400. The van der Waals surface area contributed by atoms with E-state index in [0.717, 1.165) is 12.1 Å². The molecule has 1 aromatic carbocycles. The Balaban J connectivity index is 2.06. The first-order chi connectivity index (χ1) is 5.71. The molecular weight excluding hydrogens is 193 g/mol. The van der Waals surface area contributed by atoms with E-state index in [2.05, 4.69) is 5.32 Å². The molecular formula is C9H9Cl2N. The molecule has 3 heteroatoms. The Morgan fingerprint density at radius 2 is 1.92 bits per heavy atom. The van der Waals surface area contributed by atoms with Crippen LogP contribution >= 0.6 is 23.2 Å². The lowest BCUT2D eigenvalue weighted by molar-refractivity contribution is 1.05. The second kappa shape index (κ2) is 2.82. The number of hydrogen-bond donors (Lipinski definition) is 1. The molecule has 2 unspecified atom stereocenters. The van der Waals surface area contributed by atoms with E-state index in [0.29, 0.717) is 0 Å². The molecule has 1 aliphatic carbocycles. The van der Waals surface area contributed by atoms with Gasteiger partial charge in [0.05, 0.1) is 5.38 Å². The second-order valence-electron chi connectivity index (χ2n) is 3.03. The van der Waals surface area contributed by atoms with Crippen LogP contribution in [0.15, 0.2) is 30.3 Å². The van der Waals surface area contributed by atoms with E-state index in [-0.39, 0.29) is 5.38 Å². The maximum atomic E-state index is 6.09. The Bertz CT molecular complexity index is 275. The predicted molar refractivity (Wildman–Crippen MR) is 52.9 cm³/mol. The highest BCUT2D eigenvalue weighted by molar-refractivity contribution is 6.37. The van der Waals surface area contributed by atoms with Crippen LogP contribution in [-0.2, 0) is 0 Å². The van der Waals surface area contributed by atoms with Gasteiger partial charge in [-0.2, -0.15) is 0 Å². The SMILES string of the molecule is ClC1CC1(Cl)Nc1ccccc1. The number of alkyl halides is 2. The van der Waals surface area contributed by atoms with Crippen molar-refractivity contribution in [1.82, 2.24) is 0 Å². The fraction of sp³-hybridized carbons (Fsp3) is 0.333. The molecule has 1 aliphatic rings. The number of hydrogen-bond acceptors (Lipinski definition) is 1. The van der Waals surface area contributed by atoms with E-state index >= 15 is 0 Å². The zero-order valence-corrected chi connectivity index (χ0v) is 7.94. The van der Waals surface area contributed by atoms with E-state index in [9.17, 15) is 0 Å². The lowest BCUT2D eigenvalue weighted by Crippen LogP contribution is -2.16. The molecule has 1 nitrogen and oxygen atoms in total. The van der Waals surface area contributed by atoms with Crippen molar-refractivity contribution < 1.29 is 0 Å². The smallest absolute Gasteiger partial charge is 0.130 e. The van der Waals surface area contributed by atoms with E-state index in [1.54, 1.807) is 0 Å². The van der Waals surface area contributed by atoms with Crippen LogP contribution in [0.2, 0.25) is 0 Å². The van der Waals surface area contributed by atoms with Crippen LogP contribution < -0.4 is 5.32 Å². The maximum absolute atomic E-state index is 6.09. The summed E-state index contributed by atoms with van der Waals surface area (Å²) in [6, 6.07) is 9.86. The van der Waals surface area contributed by atoms with E-state index in [1.807, 2.05) is 30.3 Å². The van der Waals surface area contributed by atoms with E-state index in [1.165, 1.54) is 0 Å². The Morgan fingerprint density at radius 3 is 2.42 bits per heavy atom. The van der Waals surface area contributed by atoms with Crippen LogP contribution in [0.1, 0.15) is 6.42 Å². The van der Waals surface area contributed by atoms with Crippen molar-refractivity contribution in [3.8, 4) is 0 Å². The standard InChI is InChI=1S/C9H9Cl2N/c10-8-6-9(8,11)12-7-4-2-1-3-5-7/h1-5,8,12H,6H2. The highest BCUT2D eigenvalue weighted by Gasteiger charge is 2.52. The molecule has 1 N–H and O–H groups in total. The topological polar surface area (TPSA) is 12.0 Å². The van der Waals surface area contributed by atoms with Crippen LogP contribution in [0, 0.1) is 0 Å². The third-order valence-electron chi connectivity index (χ3n) is 1.94. The average Bonchev–Trinajstić information content (AvgIpc) is 2.61. The van der Waals surface area contributed by atoms with Crippen molar-refractivity contribution in [3.63, 3.8) is 0 Å². The summed E-state index contributed by atoms with van der Waals surface area (Å²) in [7, 11) is 0. The van der Waals surface area contributed by atoms with Crippen molar-refractivity contribution in [2.24, 2.45) is 0 Å². The molecule has 0 spiro atoms. The predicted octanol–water partition coefficient (Wildman–Crippen LogP) is 3.04. The highest BCUT2D eigenvalue weighted by Crippen LogP contribution is 2.47. The maximum Gasteiger partial charge on any atom is 0.130 e. The van der Waals surface area contributed by atoms with Gasteiger partial charge in [0.2, 0.25) is 0 Å². The Kier molecular flexibility index (Phi) is 1.93. The Morgan fingerprint density at radius 1 is 1.33 bits per heavy atom.